The molecule has 0 amide bonds. The summed E-state index contributed by atoms with van der Waals surface area (Å²) < 4.78 is 18.6. The van der Waals surface area contributed by atoms with Gasteiger partial charge in [-0.25, -0.2) is 14.0 Å². The molecule has 1 N–H and O–H groups in total. The largest absolute Gasteiger partial charge is 0.478 e. The summed E-state index contributed by atoms with van der Waals surface area (Å²) in [6.45, 7) is 1.80. The summed E-state index contributed by atoms with van der Waals surface area (Å²) in [6.07, 6.45) is 1.19. The van der Waals surface area contributed by atoms with Crippen molar-refractivity contribution in [2.75, 3.05) is 6.61 Å². The van der Waals surface area contributed by atoms with Crippen LogP contribution >= 0.6 is 0 Å². The van der Waals surface area contributed by atoms with E-state index < -0.39 is 17.8 Å². The molecule has 1 heterocycles. The molecule has 0 saturated carbocycles. The van der Waals surface area contributed by atoms with Crippen molar-refractivity contribution in [1.29, 1.82) is 0 Å². The van der Waals surface area contributed by atoms with Crippen LogP contribution in [-0.4, -0.2) is 28.6 Å². The van der Waals surface area contributed by atoms with Crippen LogP contribution in [0.1, 0.15) is 27.6 Å². The minimum atomic E-state index is -1.09. The van der Waals surface area contributed by atoms with Crippen LogP contribution in [0.15, 0.2) is 36.5 Å². The van der Waals surface area contributed by atoms with Gasteiger partial charge in [0.15, 0.2) is 0 Å². The Balaban J connectivity index is 2.31. The van der Waals surface area contributed by atoms with E-state index >= 15 is 0 Å². The molecule has 0 spiro atoms. The second-order valence-electron chi connectivity index (χ2n) is 4.15. The zero-order valence-corrected chi connectivity index (χ0v) is 11.2. The summed E-state index contributed by atoms with van der Waals surface area (Å²) in [5.41, 5.74) is 0.747. The lowest BCUT2D eigenvalue weighted by atomic mass is 10.1. The monoisotopic (exact) mass is 289 g/mol. The highest BCUT2D eigenvalue weighted by atomic mass is 19.1. The Hall–Kier alpha value is -2.76. The van der Waals surface area contributed by atoms with E-state index in [4.69, 9.17) is 9.84 Å². The predicted molar refractivity (Wildman–Crippen MR) is 72.5 cm³/mol. The number of carbonyl (C=O) groups excluding carboxylic acids is 1. The zero-order valence-electron chi connectivity index (χ0n) is 11.2. The molecule has 6 heteroatoms. The normalized spacial score (nSPS) is 10.2. The van der Waals surface area contributed by atoms with E-state index in [1.165, 1.54) is 30.5 Å². The molecule has 0 bridgehead atoms. The molecule has 108 valence electrons. The fraction of sp³-hybridized carbons (Fsp3) is 0.133. The third kappa shape index (κ3) is 3.22. The van der Waals surface area contributed by atoms with Crippen molar-refractivity contribution in [2.24, 2.45) is 0 Å². The van der Waals surface area contributed by atoms with Gasteiger partial charge in [0.1, 0.15) is 5.82 Å². The summed E-state index contributed by atoms with van der Waals surface area (Å²) in [5.74, 6) is -2.52. The smallest absolute Gasteiger partial charge is 0.341 e. The predicted octanol–water partition coefficient (Wildman–Crippen LogP) is 2.76. The lowest BCUT2D eigenvalue weighted by Crippen LogP contribution is -2.07. The number of esters is 1. The molecular formula is C15H12FNO4. The molecule has 0 atom stereocenters. The van der Waals surface area contributed by atoms with Crippen LogP contribution in [0.25, 0.3) is 11.3 Å². The molecule has 0 unspecified atom stereocenters. The first-order valence-corrected chi connectivity index (χ1v) is 6.19. The SMILES string of the molecule is CCOC(=O)c1ccc(-c2ccc(C(=O)O)cn2)cc1F. The van der Waals surface area contributed by atoms with Crippen molar-refractivity contribution in [3.05, 3.63) is 53.5 Å². The van der Waals surface area contributed by atoms with E-state index in [0.717, 1.165) is 6.07 Å². The van der Waals surface area contributed by atoms with Crippen molar-refractivity contribution >= 4 is 11.9 Å². The standard InChI is InChI=1S/C15H12FNO4/c1-2-21-15(20)11-5-3-9(7-12(11)16)13-6-4-10(8-17-13)14(18)19/h3-8H,2H2,1H3,(H,18,19). The van der Waals surface area contributed by atoms with Gasteiger partial charge in [-0.2, -0.15) is 0 Å². The Kier molecular flexibility index (Phi) is 4.27. The number of nitrogens with zero attached hydrogens (tertiary/aromatic N) is 1. The molecule has 0 fully saturated rings. The maximum absolute atomic E-state index is 13.9. The van der Waals surface area contributed by atoms with Gasteiger partial charge in [-0.3, -0.25) is 4.98 Å². The average molecular weight is 289 g/mol. The third-order valence-corrected chi connectivity index (χ3v) is 2.77. The number of rotatable bonds is 4. The summed E-state index contributed by atoms with van der Waals surface area (Å²) >= 11 is 0. The molecule has 0 aliphatic carbocycles. The lowest BCUT2D eigenvalue weighted by Gasteiger charge is -2.06. The quantitative estimate of drug-likeness (QED) is 0.876. The van der Waals surface area contributed by atoms with Crippen LogP contribution in [0.3, 0.4) is 0 Å². The molecule has 0 radical (unpaired) electrons. The summed E-state index contributed by atoms with van der Waals surface area (Å²) in [7, 11) is 0. The van der Waals surface area contributed by atoms with Crippen LogP contribution in [-0.2, 0) is 4.74 Å². The number of carboxylic acid groups (broad SMARTS) is 1. The molecule has 2 rings (SSSR count). The first kappa shape index (κ1) is 14.6. The van der Waals surface area contributed by atoms with E-state index in [0.29, 0.717) is 11.3 Å². The Morgan fingerprint density at radius 2 is 2.05 bits per heavy atom. The van der Waals surface area contributed by atoms with Gasteiger partial charge in [-0.15, -0.1) is 0 Å². The van der Waals surface area contributed by atoms with E-state index in [2.05, 4.69) is 4.98 Å². The minimum Gasteiger partial charge on any atom is -0.478 e. The summed E-state index contributed by atoms with van der Waals surface area (Å²) in [4.78, 5) is 26.2. The summed E-state index contributed by atoms with van der Waals surface area (Å²) in [5, 5.41) is 8.79. The van der Waals surface area contributed by atoms with Crippen LogP contribution in [0.5, 0.6) is 0 Å². The topological polar surface area (TPSA) is 76.5 Å². The Bertz CT molecular complexity index is 683. The van der Waals surface area contributed by atoms with Gasteiger partial charge in [0.25, 0.3) is 0 Å². The fourth-order valence-corrected chi connectivity index (χ4v) is 1.74. The molecule has 1 aromatic carbocycles. The highest BCUT2D eigenvalue weighted by Crippen LogP contribution is 2.21. The van der Waals surface area contributed by atoms with Crippen LogP contribution in [0, 0.1) is 5.82 Å². The average Bonchev–Trinajstić information content (AvgIpc) is 2.47. The van der Waals surface area contributed by atoms with Crippen molar-refractivity contribution in [3.8, 4) is 11.3 Å². The first-order valence-electron chi connectivity index (χ1n) is 6.19. The molecular weight excluding hydrogens is 277 g/mol. The number of aromatic carboxylic acids is 1. The molecule has 1 aromatic heterocycles. The molecule has 0 aliphatic heterocycles. The van der Waals surface area contributed by atoms with Gasteiger partial charge in [0.2, 0.25) is 0 Å². The second kappa shape index (κ2) is 6.13. The van der Waals surface area contributed by atoms with Gasteiger partial charge in [0.05, 0.1) is 23.4 Å². The first-order chi connectivity index (χ1) is 10.0. The second-order valence-corrected chi connectivity index (χ2v) is 4.15. The molecule has 0 aliphatic rings. The molecule has 21 heavy (non-hydrogen) atoms. The third-order valence-electron chi connectivity index (χ3n) is 2.77. The number of hydrogen-bond donors (Lipinski definition) is 1. The van der Waals surface area contributed by atoms with Crippen molar-refractivity contribution in [3.63, 3.8) is 0 Å². The number of benzene rings is 1. The number of carboxylic acids is 1. The fourth-order valence-electron chi connectivity index (χ4n) is 1.74. The van der Waals surface area contributed by atoms with Gasteiger partial charge >= 0.3 is 11.9 Å². The Labute approximate surface area is 120 Å². The number of hydrogen-bond acceptors (Lipinski definition) is 4. The highest BCUT2D eigenvalue weighted by Gasteiger charge is 2.14. The van der Waals surface area contributed by atoms with E-state index in [1.54, 1.807) is 6.92 Å². The molecule has 5 nitrogen and oxygen atoms in total. The van der Waals surface area contributed by atoms with E-state index in [1.807, 2.05) is 0 Å². The maximum Gasteiger partial charge on any atom is 0.341 e. The molecule has 0 saturated heterocycles. The number of halogens is 1. The highest BCUT2D eigenvalue weighted by molar-refractivity contribution is 5.90. The van der Waals surface area contributed by atoms with Gasteiger partial charge in [0, 0.05) is 11.8 Å². The van der Waals surface area contributed by atoms with Gasteiger partial charge in [-0.1, -0.05) is 6.07 Å². The van der Waals surface area contributed by atoms with Crippen molar-refractivity contribution in [1.82, 2.24) is 4.98 Å². The number of aromatic nitrogens is 1. The van der Waals surface area contributed by atoms with E-state index in [-0.39, 0.29) is 17.7 Å². The Morgan fingerprint density at radius 1 is 1.29 bits per heavy atom. The van der Waals surface area contributed by atoms with Crippen molar-refractivity contribution < 1.29 is 23.8 Å². The molecule has 2 aromatic rings. The van der Waals surface area contributed by atoms with Gasteiger partial charge in [-0.05, 0) is 31.2 Å². The van der Waals surface area contributed by atoms with Crippen LogP contribution < -0.4 is 0 Å². The number of ether oxygens (including phenoxy) is 1. The Morgan fingerprint density at radius 3 is 2.57 bits per heavy atom. The van der Waals surface area contributed by atoms with E-state index in [9.17, 15) is 14.0 Å². The number of carbonyl (C=O) groups is 2. The van der Waals surface area contributed by atoms with Crippen LogP contribution in [0.4, 0.5) is 4.39 Å². The maximum atomic E-state index is 13.9. The number of pyridine rings is 1. The zero-order chi connectivity index (χ0) is 15.4. The van der Waals surface area contributed by atoms with Gasteiger partial charge < -0.3 is 9.84 Å². The lowest BCUT2D eigenvalue weighted by molar-refractivity contribution is 0.0520. The summed E-state index contributed by atoms with van der Waals surface area (Å²) in [6, 6.07) is 6.85. The minimum absolute atomic E-state index is 0.0439. The van der Waals surface area contributed by atoms with Crippen LogP contribution in [0.2, 0.25) is 0 Å². The van der Waals surface area contributed by atoms with Crippen molar-refractivity contribution in [2.45, 2.75) is 6.92 Å².